The van der Waals surface area contributed by atoms with Gasteiger partial charge in [0.05, 0.1) is 6.20 Å². The average molecular weight is 268 g/mol. The third-order valence-corrected chi connectivity index (χ3v) is 2.75. The molecule has 0 saturated heterocycles. The second-order valence-corrected chi connectivity index (χ2v) is 5.31. The molecule has 0 aromatic carbocycles. The zero-order chi connectivity index (χ0) is 13.5. The maximum atomic E-state index is 12.3. The molecule has 2 aromatic rings. The zero-order valence-electron chi connectivity index (χ0n) is 10.4. The van der Waals surface area contributed by atoms with Gasteiger partial charge < -0.3 is 10.3 Å². The Kier molecular flexibility index (Phi) is 2.90. The van der Waals surface area contributed by atoms with E-state index >= 15 is 0 Å². The molecular weight excluding hydrogens is 254 g/mol. The molecule has 0 bridgehead atoms. The van der Waals surface area contributed by atoms with Gasteiger partial charge in [0.2, 0.25) is 5.82 Å². The molecular formula is C11H14ClN5O. The number of hydrogen-bond donors (Lipinski definition) is 1. The highest BCUT2D eigenvalue weighted by molar-refractivity contribution is 6.32. The lowest BCUT2D eigenvalue weighted by Crippen LogP contribution is -2.35. The Morgan fingerprint density at radius 3 is 2.56 bits per heavy atom. The van der Waals surface area contributed by atoms with Crippen LogP contribution in [0.1, 0.15) is 20.8 Å². The van der Waals surface area contributed by atoms with E-state index in [9.17, 15) is 4.79 Å². The third kappa shape index (κ3) is 2.11. The normalized spacial score (nSPS) is 11.8. The minimum absolute atomic E-state index is 0.170. The van der Waals surface area contributed by atoms with Crippen LogP contribution in [0, 0.1) is 0 Å². The van der Waals surface area contributed by atoms with Gasteiger partial charge in [-0.1, -0.05) is 11.6 Å². The molecule has 0 radical (unpaired) electrons. The lowest BCUT2D eigenvalue weighted by molar-refractivity contribution is 0.381. The quantitative estimate of drug-likeness (QED) is 0.847. The van der Waals surface area contributed by atoms with Gasteiger partial charge in [-0.15, -0.1) is 5.10 Å². The van der Waals surface area contributed by atoms with Crippen molar-refractivity contribution >= 4 is 17.4 Å². The molecule has 2 N–H and O–H groups in total. The number of halogens is 1. The smallest absolute Gasteiger partial charge is 0.296 e. The van der Waals surface area contributed by atoms with Gasteiger partial charge in [-0.2, -0.15) is 0 Å². The van der Waals surface area contributed by atoms with Crippen molar-refractivity contribution in [2.75, 3.05) is 5.73 Å². The first kappa shape index (κ1) is 12.6. The van der Waals surface area contributed by atoms with Crippen LogP contribution in [0.2, 0.25) is 5.02 Å². The van der Waals surface area contributed by atoms with Crippen molar-refractivity contribution in [2.45, 2.75) is 26.3 Å². The van der Waals surface area contributed by atoms with E-state index in [0.29, 0.717) is 5.02 Å². The summed E-state index contributed by atoms with van der Waals surface area (Å²) < 4.78 is 2.88. The number of nitrogens with two attached hydrogens (primary N) is 1. The predicted octanol–water partition coefficient (Wildman–Crippen LogP) is 1.42. The van der Waals surface area contributed by atoms with Crippen molar-refractivity contribution < 1.29 is 0 Å². The van der Waals surface area contributed by atoms with Crippen LogP contribution in [0.3, 0.4) is 0 Å². The summed E-state index contributed by atoms with van der Waals surface area (Å²) in [4.78, 5) is 16.3. The molecule has 0 atom stereocenters. The van der Waals surface area contributed by atoms with Crippen LogP contribution in [-0.2, 0) is 5.54 Å². The van der Waals surface area contributed by atoms with Crippen molar-refractivity contribution in [3.05, 3.63) is 34.0 Å². The van der Waals surface area contributed by atoms with Gasteiger partial charge in [0.1, 0.15) is 5.02 Å². The molecule has 2 rings (SSSR count). The number of nitrogen functional groups attached to an aromatic ring is 1. The molecule has 2 aromatic heterocycles. The Labute approximate surface area is 109 Å². The number of rotatable bonds is 1. The fraction of sp³-hybridized carbons (Fsp3) is 0.364. The summed E-state index contributed by atoms with van der Waals surface area (Å²) in [7, 11) is 0. The van der Waals surface area contributed by atoms with E-state index < -0.39 is 0 Å². The fourth-order valence-corrected chi connectivity index (χ4v) is 1.69. The van der Waals surface area contributed by atoms with E-state index in [1.165, 1.54) is 10.9 Å². The number of hydrogen-bond acceptors (Lipinski definition) is 4. The Morgan fingerprint density at radius 2 is 2.06 bits per heavy atom. The molecule has 0 aliphatic carbocycles. The molecule has 0 unspecified atom stereocenters. The van der Waals surface area contributed by atoms with Crippen LogP contribution in [0.5, 0.6) is 0 Å². The molecule has 0 saturated carbocycles. The molecule has 6 nitrogen and oxygen atoms in total. The Morgan fingerprint density at radius 1 is 1.39 bits per heavy atom. The largest absolute Gasteiger partial charge is 0.381 e. The molecule has 0 aliphatic rings. The first-order chi connectivity index (χ1) is 8.30. The predicted molar refractivity (Wildman–Crippen MR) is 70.0 cm³/mol. The summed E-state index contributed by atoms with van der Waals surface area (Å²) in [6, 6.07) is 0. The van der Waals surface area contributed by atoms with E-state index in [1.807, 2.05) is 20.8 Å². The van der Waals surface area contributed by atoms with Gasteiger partial charge in [0, 0.05) is 17.9 Å². The summed E-state index contributed by atoms with van der Waals surface area (Å²) in [5.41, 5.74) is 4.97. The molecule has 2 heterocycles. The van der Waals surface area contributed by atoms with Gasteiger partial charge in [-0.05, 0) is 20.8 Å². The van der Waals surface area contributed by atoms with E-state index in [2.05, 4.69) is 10.1 Å². The Balaban J connectivity index is 2.64. The van der Waals surface area contributed by atoms with Gasteiger partial charge in [0.15, 0.2) is 5.82 Å². The molecule has 0 spiro atoms. The summed E-state index contributed by atoms with van der Waals surface area (Å²) in [5, 5.41) is 4.24. The summed E-state index contributed by atoms with van der Waals surface area (Å²) in [6.07, 6.45) is 4.65. The molecule has 0 aliphatic heterocycles. The minimum Gasteiger partial charge on any atom is -0.381 e. The molecule has 0 fully saturated rings. The summed E-state index contributed by atoms with van der Waals surface area (Å²) in [5.74, 6) is 0.343. The van der Waals surface area contributed by atoms with Crippen molar-refractivity contribution in [3.8, 4) is 5.82 Å². The zero-order valence-corrected chi connectivity index (χ0v) is 11.1. The van der Waals surface area contributed by atoms with Crippen molar-refractivity contribution in [1.82, 2.24) is 19.3 Å². The molecule has 0 amide bonds. The molecule has 7 heteroatoms. The lowest BCUT2D eigenvalue weighted by Gasteiger charge is -2.22. The molecule has 96 valence electrons. The Hall–Kier alpha value is -1.82. The van der Waals surface area contributed by atoms with Crippen LogP contribution in [0.25, 0.3) is 5.82 Å². The third-order valence-electron chi connectivity index (χ3n) is 2.46. The van der Waals surface area contributed by atoms with Crippen LogP contribution in [0.4, 0.5) is 5.82 Å². The summed E-state index contributed by atoms with van der Waals surface area (Å²) in [6.45, 7) is 5.80. The second kappa shape index (κ2) is 4.13. The summed E-state index contributed by atoms with van der Waals surface area (Å²) >= 11 is 5.82. The SMILES string of the molecule is CC(C)(C)n1ccnc(-n2cc(Cl)c(N)n2)c1=O. The fourth-order valence-electron chi connectivity index (χ4n) is 1.56. The van der Waals surface area contributed by atoms with Crippen molar-refractivity contribution in [3.63, 3.8) is 0 Å². The number of anilines is 1. The number of nitrogens with zero attached hydrogens (tertiary/aromatic N) is 4. The van der Waals surface area contributed by atoms with E-state index in [1.54, 1.807) is 17.0 Å². The van der Waals surface area contributed by atoms with Crippen LogP contribution >= 0.6 is 11.6 Å². The maximum absolute atomic E-state index is 12.3. The standard InChI is InChI=1S/C11H14ClN5O/c1-11(2,3)16-5-4-14-9(10(16)18)17-6-7(12)8(13)15-17/h4-6H,1-3H3,(H2,13,15). The monoisotopic (exact) mass is 267 g/mol. The first-order valence-corrected chi connectivity index (χ1v) is 5.77. The highest BCUT2D eigenvalue weighted by Crippen LogP contribution is 2.17. The van der Waals surface area contributed by atoms with E-state index in [-0.39, 0.29) is 22.7 Å². The van der Waals surface area contributed by atoms with Gasteiger partial charge in [-0.25, -0.2) is 9.67 Å². The lowest BCUT2D eigenvalue weighted by atomic mass is 10.1. The van der Waals surface area contributed by atoms with E-state index in [0.717, 1.165) is 0 Å². The van der Waals surface area contributed by atoms with Crippen molar-refractivity contribution in [2.24, 2.45) is 0 Å². The van der Waals surface area contributed by atoms with Crippen molar-refractivity contribution in [1.29, 1.82) is 0 Å². The second-order valence-electron chi connectivity index (χ2n) is 4.90. The maximum Gasteiger partial charge on any atom is 0.296 e. The van der Waals surface area contributed by atoms with Crippen LogP contribution in [0.15, 0.2) is 23.4 Å². The number of aromatic nitrogens is 4. The van der Waals surface area contributed by atoms with E-state index in [4.69, 9.17) is 17.3 Å². The first-order valence-electron chi connectivity index (χ1n) is 5.40. The topological polar surface area (TPSA) is 78.7 Å². The van der Waals surface area contributed by atoms with Crippen LogP contribution < -0.4 is 11.3 Å². The highest BCUT2D eigenvalue weighted by Gasteiger charge is 2.18. The van der Waals surface area contributed by atoms with Gasteiger partial charge >= 0.3 is 0 Å². The van der Waals surface area contributed by atoms with Crippen LogP contribution in [-0.4, -0.2) is 19.3 Å². The average Bonchev–Trinajstić information content (AvgIpc) is 2.57. The minimum atomic E-state index is -0.336. The van der Waals surface area contributed by atoms with Gasteiger partial charge in [0.25, 0.3) is 5.56 Å². The highest BCUT2D eigenvalue weighted by atomic mass is 35.5. The Bertz CT molecular complexity index is 618. The molecule has 18 heavy (non-hydrogen) atoms. The van der Waals surface area contributed by atoms with Gasteiger partial charge in [-0.3, -0.25) is 4.79 Å².